The smallest absolute Gasteiger partial charge is 0.338 e. The van der Waals surface area contributed by atoms with Crippen LogP contribution in [0, 0.1) is 6.92 Å². The van der Waals surface area contributed by atoms with Gasteiger partial charge in [-0.3, -0.25) is 9.36 Å². The predicted octanol–water partition coefficient (Wildman–Crippen LogP) is 4.80. The van der Waals surface area contributed by atoms with Crippen LogP contribution in [0.3, 0.4) is 0 Å². The SMILES string of the molecule is CCOC(=O)C1=C(c2ccccc2)N=c2s/c(=C/c3ccc(Sc4nccc(C)n4)o3)c(=O)n2[C@@H]1c1ccc(OC)c(OC)c1. The van der Waals surface area contributed by atoms with E-state index < -0.39 is 12.0 Å². The molecule has 1 aliphatic rings. The highest BCUT2D eigenvalue weighted by Gasteiger charge is 2.35. The molecule has 1 atom stereocenters. The molecule has 5 aromatic rings. The van der Waals surface area contributed by atoms with Crippen molar-refractivity contribution in [2.24, 2.45) is 4.99 Å². The third-order valence-electron chi connectivity index (χ3n) is 6.94. The van der Waals surface area contributed by atoms with E-state index in [0.717, 1.165) is 11.3 Å². The molecule has 0 N–H and O–H groups in total. The van der Waals surface area contributed by atoms with Gasteiger partial charge in [0.25, 0.3) is 5.56 Å². The Morgan fingerprint density at radius 3 is 2.60 bits per heavy atom. The molecule has 45 heavy (non-hydrogen) atoms. The molecular weight excluding hydrogens is 613 g/mol. The average Bonchev–Trinajstić information content (AvgIpc) is 3.63. The molecule has 0 saturated carbocycles. The number of methoxy groups -OCH3 is 2. The number of aryl methyl sites for hydroxylation is 1. The van der Waals surface area contributed by atoms with E-state index in [2.05, 4.69) is 9.97 Å². The molecule has 0 unspecified atom stereocenters. The van der Waals surface area contributed by atoms with Crippen LogP contribution in [0.1, 0.15) is 35.5 Å². The minimum Gasteiger partial charge on any atom is -0.493 e. The van der Waals surface area contributed by atoms with E-state index in [9.17, 15) is 9.59 Å². The number of thiazole rings is 1. The Balaban J connectivity index is 1.53. The molecule has 228 valence electrons. The summed E-state index contributed by atoms with van der Waals surface area (Å²) in [5, 5.41) is 1.14. The zero-order valence-electron chi connectivity index (χ0n) is 24.8. The van der Waals surface area contributed by atoms with Crippen LogP contribution in [0.25, 0.3) is 11.8 Å². The fourth-order valence-corrected chi connectivity index (χ4v) is 6.68. The molecule has 2 aromatic carbocycles. The third-order valence-corrected chi connectivity index (χ3v) is 8.72. The number of benzene rings is 2. The summed E-state index contributed by atoms with van der Waals surface area (Å²) in [6.07, 6.45) is 3.37. The third kappa shape index (κ3) is 6.06. The van der Waals surface area contributed by atoms with Crippen molar-refractivity contribution in [3.63, 3.8) is 0 Å². The molecule has 12 heteroatoms. The van der Waals surface area contributed by atoms with E-state index in [-0.39, 0.29) is 17.7 Å². The van der Waals surface area contributed by atoms with Gasteiger partial charge in [0, 0.05) is 23.5 Å². The van der Waals surface area contributed by atoms with Gasteiger partial charge in [-0.15, -0.1) is 0 Å². The monoisotopic (exact) mass is 640 g/mol. The highest BCUT2D eigenvalue weighted by molar-refractivity contribution is 7.99. The number of furan rings is 1. The summed E-state index contributed by atoms with van der Waals surface area (Å²) in [7, 11) is 3.08. The molecule has 10 nitrogen and oxygen atoms in total. The van der Waals surface area contributed by atoms with E-state index in [0.29, 0.717) is 48.1 Å². The van der Waals surface area contributed by atoms with Gasteiger partial charge in [-0.1, -0.05) is 47.7 Å². The van der Waals surface area contributed by atoms with E-state index in [1.807, 2.05) is 43.3 Å². The Morgan fingerprint density at radius 1 is 1.07 bits per heavy atom. The van der Waals surface area contributed by atoms with E-state index >= 15 is 0 Å². The highest BCUT2D eigenvalue weighted by atomic mass is 32.2. The van der Waals surface area contributed by atoms with Crippen molar-refractivity contribution in [3.05, 3.63) is 121 Å². The number of carbonyl (C=O) groups is 1. The quantitative estimate of drug-likeness (QED) is 0.165. The summed E-state index contributed by atoms with van der Waals surface area (Å²) >= 11 is 2.50. The minimum absolute atomic E-state index is 0.153. The summed E-state index contributed by atoms with van der Waals surface area (Å²) in [5.41, 5.74) is 2.53. The Morgan fingerprint density at radius 2 is 1.87 bits per heavy atom. The van der Waals surface area contributed by atoms with E-state index in [1.54, 1.807) is 56.6 Å². The van der Waals surface area contributed by atoms with Gasteiger partial charge in [-0.25, -0.2) is 19.8 Å². The zero-order valence-corrected chi connectivity index (χ0v) is 26.5. The van der Waals surface area contributed by atoms with E-state index in [1.165, 1.54) is 34.8 Å². The van der Waals surface area contributed by atoms with Crippen LogP contribution >= 0.6 is 23.1 Å². The van der Waals surface area contributed by atoms with Gasteiger partial charge < -0.3 is 18.6 Å². The Hall–Kier alpha value is -4.94. The van der Waals surface area contributed by atoms with Crippen molar-refractivity contribution in [1.29, 1.82) is 0 Å². The number of fused-ring (bicyclic) bond motifs is 1. The van der Waals surface area contributed by atoms with Crippen molar-refractivity contribution in [2.75, 3.05) is 20.8 Å². The number of carbonyl (C=O) groups excluding carboxylic acids is 1. The van der Waals surface area contributed by atoms with Gasteiger partial charge in [0.2, 0.25) is 0 Å². The minimum atomic E-state index is -0.862. The predicted molar refractivity (Wildman–Crippen MR) is 170 cm³/mol. The fraction of sp³-hybridized carbons (Fsp3) is 0.182. The van der Waals surface area contributed by atoms with Crippen LogP contribution in [0.5, 0.6) is 11.5 Å². The number of ether oxygens (including phenoxy) is 3. The number of hydrogen-bond donors (Lipinski definition) is 0. The summed E-state index contributed by atoms with van der Waals surface area (Å²) in [6.45, 7) is 3.78. The molecule has 0 amide bonds. The van der Waals surface area contributed by atoms with Gasteiger partial charge in [0.1, 0.15) is 5.76 Å². The average molecular weight is 641 g/mol. The molecule has 0 fully saturated rings. The van der Waals surface area contributed by atoms with Crippen molar-refractivity contribution < 1.29 is 23.4 Å². The Kier molecular flexibility index (Phi) is 8.67. The van der Waals surface area contributed by atoms with Crippen molar-refractivity contribution >= 4 is 40.8 Å². The number of aromatic nitrogens is 3. The van der Waals surface area contributed by atoms with E-state index in [4.69, 9.17) is 23.6 Å². The van der Waals surface area contributed by atoms with Crippen LogP contribution in [0.4, 0.5) is 0 Å². The first kappa shape index (κ1) is 30.1. The maximum absolute atomic E-state index is 14.2. The standard InChI is InChI=1S/C33H28N4O6S2/c1-5-42-31(39)27-28(20-9-7-6-8-10-20)36-33-37(29(27)21-11-13-23(40-3)24(17-21)41-4)30(38)25(44-33)18-22-12-14-26(43-22)45-32-34-16-15-19(2)35-32/h6-18,29H,5H2,1-4H3/b25-18+/t29-/m1/s1. The van der Waals surface area contributed by atoms with Crippen molar-refractivity contribution in [1.82, 2.24) is 14.5 Å². The highest BCUT2D eigenvalue weighted by Crippen LogP contribution is 2.38. The second-order valence-corrected chi connectivity index (χ2v) is 11.8. The topological polar surface area (TPSA) is 118 Å². The molecule has 1 aliphatic heterocycles. The first-order valence-electron chi connectivity index (χ1n) is 14.0. The van der Waals surface area contributed by atoms with Crippen LogP contribution < -0.4 is 24.4 Å². The van der Waals surface area contributed by atoms with Gasteiger partial charge in [-0.2, -0.15) is 0 Å². The molecule has 0 spiro atoms. The van der Waals surface area contributed by atoms with Gasteiger partial charge in [-0.05, 0) is 61.5 Å². The summed E-state index contributed by atoms with van der Waals surface area (Å²) < 4.78 is 24.5. The first-order chi connectivity index (χ1) is 21.9. The summed E-state index contributed by atoms with van der Waals surface area (Å²) in [6, 6.07) is 19.2. The lowest BCUT2D eigenvalue weighted by Gasteiger charge is -2.26. The molecule has 0 aliphatic carbocycles. The lowest BCUT2D eigenvalue weighted by molar-refractivity contribution is -0.138. The fourth-order valence-electron chi connectivity index (χ4n) is 4.94. The zero-order chi connectivity index (χ0) is 31.5. The second kappa shape index (κ2) is 13.0. The number of nitrogens with zero attached hydrogens (tertiary/aromatic N) is 4. The summed E-state index contributed by atoms with van der Waals surface area (Å²) in [4.78, 5) is 41.8. The van der Waals surface area contributed by atoms with Gasteiger partial charge >= 0.3 is 5.97 Å². The Labute approximate surface area is 266 Å². The van der Waals surface area contributed by atoms with Crippen LogP contribution in [0.2, 0.25) is 0 Å². The van der Waals surface area contributed by atoms with Crippen molar-refractivity contribution in [3.8, 4) is 11.5 Å². The summed E-state index contributed by atoms with van der Waals surface area (Å²) in [5.74, 6) is 0.879. The largest absolute Gasteiger partial charge is 0.493 e. The van der Waals surface area contributed by atoms with Crippen LogP contribution in [0.15, 0.2) is 103 Å². The molecule has 6 rings (SSSR count). The number of rotatable bonds is 9. The maximum Gasteiger partial charge on any atom is 0.338 e. The maximum atomic E-state index is 14.2. The second-order valence-electron chi connectivity index (χ2n) is 9.79. The molecule has 0 bridgehead atoms. The molecule has 4 heterocycles. The van der Waals surface area contributed by atoms with Crippen LogP contribution in [-0.4, -0.2) is 41.3 Å². The lowest BCUT2D eigenvalue weighted by Crippen LogP contribution is -2.40. The molecule has 0 saturated heterocycles. The Bertz CT molecular complexity index is 2100. The normalized spacial score (nSPS) is 14.6. The number of hydrogen-bond acceptors (Lipinski definition) is 11. The lowest BCUT2D eigenvalue weighted by atomic mass is 9.93. The van der Waals surface area contributed by atoms with Gasteiger partial charge in [0.15, 0.2) is 26.5 Å². The molecule has 0 radical (unpaired) electrons. The molecule has 3 aromatic heterocycles. The van der Waals surface area contributed by atoms with Crippen LogP contribution in [-0.2, 0) is 9.53 Å². The van der Waals surface area contributed by atoms with Gasteiger partial charge in [0.05, 0.1) is 42.7 Å². The molecular formula is C33H28N4O6S2. The van der Waals surface area contributed by atoms with Crippen molar-refractivity contribution in [2.45, 2.75) is 30.1 Å². The first-order valence-corrected chi connectivity index (χ1v) is 15.6. The number of esters is 1.